The number of ether oxygens (including phenoxy) is 1. The maximum Gasteiger partial charge on any atom is 0.335 e. The minimum atomic E-state index is -4.04. The van der Waals surface area contributed by atoms with E-state index in [1.807, 2.05) is 4.72 Å². The molecule has 2 N–H and O–H groups in total. The van der Waals surface area contributed by atoms with Gasteiger partial charge in [-0.25, -0.2) is 14.5 Å². The van der Waals surface area contributed by atoms with Gasteiger partial charge in [0.25, 0.3) is 10.0 Å². The van der Waals surface area contributed by atoms with Crippen molar-refractivity contribution in [2.45, 2.75) is 11.9 Å². The second-order valence-corrected chi connectivity index (χ2v) is 5.86. The summed E-state index contributed by atoms with van der Waals surface area (Å²) in [7, 11) is -1.18. The van der Waals surface area contributed by atoms with Crippen LogP contribution in [-0.2, 0) is 17.1 Å². The molecule has 0 unspecified atom stereocenters. The summed E-state index contributed by atoms with van der Waals surface area (Å²) in [6.45, 7) is 1.68. The van der Waals surface area contributed by atoms with Crippen molar-refractivity contribution >= 4 is 22.0 Å². The van der Waals surface area contributed by atoms with Gasteiger partial charge in [0, 0.05) is 18.8 Å². The Labute approximate surface area is 126 Å². The molecule has 118 valence electrons. The SMILES string of the molecule is COc1cc(C)nc(NC(=O)NS(=O)(=O)c2ccnn2C)n1. The number of nitrogens with one attached hydrogen (secondary N) is 2. The molecule has 2 rings (SSSR count). The number of aryl methyl sites for hydroxylation is 2. The molecule has 11 heteroatoms. The molecule has 0 aromatic carbocycles. The van der Waals surface area contributed by atoms with E-state index in [4.69, 9.17) is 4.74 Å². The van der Waals surface area contributed by atoms with E-state index >= 15 is 0 Å². The van der Waals surface area contributed by atoms with E-state index in [0.717, 1.165) is 4.68 Å². The summed E-state index contributed by atoms with van der Waals surface area (Å²) < 4.78 is 31.9. The second kappa shape index (κ2) is 5.97. The average Bonchev–Trinajstić information content (AvgIpc) is 2.84. The molecule has 2 aromatic rings. The third kappa shape index (κ3) is 3.49. The number of aromatic nitrogens is 4. The number of carbonyl (C=O) groups excluding carboxylic acids is 1. The van der Waals surface area contributed by atoms with E-state index in [9.17, 15) is 13.2 Å². The van der Waals surface area contributed by atoms with Crippen molar-refractivity contribution in [2.75, 3.05) is 12.4 Å². The zero-order valence-corrected chi connectivity index (χ0v) is 12.9. The Bertz CT molecular complexity index is 801. The number of nitrogens with zero attached hydrogens (tertiary/aromatic N) is 4. The average molecular weight is 326 g/mol. The van der Waals surface area contributed by atoms with Crippen molar-refractivity contribution in [3.63, 3.8) is 0 Å². The topological polar surface area (TPSA) is 128 Å². The van der Waals surface area contributed by atoms with Gasteiger partial charge < -0.3 is 4.74 Å². The lowest BCUT2D eigenvalue weighted by Gasteiger charge is -2.09. The largest absolute Gasteiger partial charge is 0.481 e. The fourth-order valence-electron chi connectivity index (χ4n) is 1.63. The zero-order chi connectivity index (χ0) is 16.3. The molecule has 22 heavy (non-hydrogen) atoms. The van der Waals surface area contributed by atoms with Crippen LogP contribution < -0.4 is 14.8 Å². The molecule has 0 aliphatic rings. The summed E-state index contributed by atoms with van der Waals surface area (Å²) in [4.78, 5) is 19.6. The highest BCUT2D eigenvalue weighted by atomic mass is 32.2. The van der Waals surface area contributed by atoms with E-state index in [1.54, 1.807) is 13.0 Å². The maximum atomic E-state index is 12.0. The van der Waals surface area contributed by atoms with E-state index in [2.05, 4.69) is 20.4 Å². The highest BCUT2D eigenvalue weighted by Gasteiger charge is 2.21. The number of rotatable bonds is 4. The number of methoxy groups -OCH3 is 1. The monoisotopic (exact) mass is 326 g/mol. The first kappa shape index (κ1) is 15.7. The molecule has 0 aliphatic heterocycles. The van der Waals surface area contributed by atoms with Gasteiger partial charge in [-0.05, 0) is 13.0 Å². The summed E-state index contributed by atoms with van der Waals surface area (Å²) in [5.74, 6) is 0.173. The predicted molar refractivity (Wildman–Crippen MR) is 75.9 cm³/mol. The van der Waals surface area contributed by atoms with Gasteiger partial charge >= 0.3 is 6.03 Å². The third-order valence-corrected chi connectivity index (χ3v) is 3.95. The molecule has 0 saturated heterocycles. The highest BCUT2D eigenvalue weighted by molar-refractivity contribution is 7.90. The van der Waals surface area contributed by atoms with Crippen LogP contribution in [0.25, 0.3) is 0 Å². The number of amides is 2. The predicted octanol–water partition coefficient (Wildman–Crippen LogP) is 0.0375. The number of anilines is 1. The first-order chi connectivity index (χ1) is 10.3. The molecule has 0 radical (unpaired) electrons. The Morgan fingerprint density at radius 1 is 1.36 bits per heavy atom. The van der Waals surface area contributed by atoms with Crippen molar-refractivity contribution in [3.05, 3.63) is 24.0 Å². The number of carbonyl (C=O) groups is 1. The number of sulfonamides is 1. The molecule has 10 nitrogen and oxygen atoms in total. The van der Waals surface area contributed by atoms with Crippen molar-refractivity contribution in [1.29, 1.82) is 0 Å². The van der Waals surface area contributed by atoms with Gasteiger partial charge in [-0.2, -0.15) is 18.5 Å². The smallest absolute Gasteiger partial charge is 0.335 e. The van der Waals surface area contributed by atoms with Crippen molar-refractivity contribution < 1.29 is 17.9 Å². The molecule has 0 aliphatic carbocycles. The Kier molecular flexibility index (Phi) is 4.26. The standard InChI is InChI=1S/C11H14N6O4S/c1-7-6-8(21-3)14-10(13-7)15-11(18)16-22(19,20)9-4-5-12-17(9)2/h4-6H,1-3H3,(H2,13,14,15,16,18). The minimum Gasteiger partial charge on any atom is -0.481 e. The molecule has 2 aromatic heterocycles. The lowest BCUT2D eigenvalue weighted by Crippen LogP contribution is -2.35. The van der Waals surface area contributed by atoms with Crippen LogP contribution in [0, 0.1) is 6.92 Å². The Morgan fingerprint density at radius 2 is 2.09 bits per heavy atom. The second-order valence-electron chi connectivity index (χ2n) is 4.23. The van der Waals surface area contributed by atoms with Crippen LogP contribution in [0.4, 0.5) is 10.7 Å². The minimum absolute atomic E-state index is 0.0745. The Balaban J connectivity index is 2.14. The van der Waals surface area contributed by atoms with Crippen LogP contribution >= 0.6 is 0 Å². The molecule has 0 bridgehead atoms. The lowest BCUT2D eigenvalue weighted by atomic mass is 10.4. The summed E-state index contributed by atoms with van der Waals surface area (Å²) in [6, 6.07) is 1.84. The summed E-state index contributed by atoms with van der Waals surface area (Å²) >= 11 is 0. The fraction of sp³-hybridized carbons (Fsp3) is 0.273. The number of hydrogen-bond acceptors (Lipinski definition) is 7. The number of hydrogen-bond donors (Lipinski definition) is 2. The third-order valence-electron chi connectivity index (χ3n) is 2.54. The van der Waals surface area contributed by atoms with Crippen LogP contribution in [0.3, 0.4) is 0 Å². The normalized spacial score (nSPS) is 11.0. The van der Waals surface area contributed by atoms with Gasteiger partial charge in [0.15, 0.2) is 5.03 Å². The molecule has 0 saturated carbocycles. The molecular weight excluding hydrogens is 312 g/mol. The highest BCUT2D eigenvalue weighted by Crippen LogP contribution is 2.11. The van der Waals surface area contributed by atoms with Crippen molar-refractivity contribution in [3.8, 4) is 5.88 Å². The van der Waals surface area contributed by atoms with Crippen LogP contribution in [0.1, 0.15) is 5.69 Å². The summed E-state index contributed by atoms with van der Waals surface area (Å²) in [6.07, 6.45) is 1.31. The molecular formula is C11H14N6O4S. The van der Waals surface area contributed by atoms with Gasteiger partial charge in [0.1, 0.15) is 0 Å². The van der Waals surface area contributed by atoms with Crippen LogP contribution in [0.5, 0.6) is 5.88 Å². The molecule has 0 fully saturated rings. The van der Waals surface area contributed by atoms with Crippen LogP contribution in [0.15, 0.2) is 23.4 Å². The van der Waals surface area contributed by atoms with Gasteiger partial charge in [-0.15, -0.1) is 0 Å². The zero-order valence-electron chi connectivity index (χ0n) is 12.1. The van der Waals surface area contributed by atoms with Crippen molar-refractivity contribution in [2.24, 2.45) is 7.05 Å². The maximum absolute atomic E-state index is 12.0. The van der Waals surface area contributed by atoms with E-state index in [0.29, 0.717) is 5.69 Å². The van der Waals surface area contributed by atoms with Crippen LogP contribution in [-0.4, -0.2) is 41.3 Å². The van der Waals surface area contributed by atoms with Crippen LogP contribution in [0.2, 0.25) is 0 Å². The Hall–Kier alpha value is -2.69. The van der Waals surface area contributed by atoms with Gasteiger partial charge in [-0.3, -0.25) is 10.00 Å². The summed E-state index contributed by atoms with van der Waals surface area (Å²) in [5.41, 5.74) is 0.552. The fourth-order valence-corrected chi connectivity index (χ4v) is 2.66. The van der Waals surface area contributed by atoms with Gasteiger partial charge in [-0.1, -0.05) is 0 Å². The quantitative estimate of drug-likeness (QED) is 0.811. The lowest BCUT2D eigenvalue weighted by molar-refractivity contribution is 0.256. The van der Waals surface area contributed by atoms with Crippen molar-refractivity contribution in [1.82, 2.24) is 24.5 Å². The van der Waals surface area contributed by atoms with Gasteiger partial charge in [0.2, 0.25) is 11.8 Å². The van der Waals surface area contributed by atoms with E-state index in [1.165, 1.54) is 26.4 Å². The van der Waals surface area contributed by atoms with E-state index in [-0.39, 0.29) is 16.9 Å². The Morgan fingerprint density at radius 3 is 2.68 bits per heavy atom. The number of urea groups is 1. The summed E-state index contributed by atoms with van der Waals surface area (Å²) in [5, 5.41) is 5.82. The molecule has 2 heterocycles. The first-order valence-corrected chi connectivity index (χ1v) is 7.51. The molecule has 0 spiro atoms. The molecule has 2 amide bonds. The van der Waals surface area contributed by atoms with E-state index < -0.39 is 16.1 Å². The van der Waals surface area contributed by atoms with Gasteiger partial charge in [0.05, 0.1) is 13.3 Å². The first-order valence-electron chi connectivity index (χ1n) is 6.03. The molecule has 0 atom stereocenters.